The summed E-state index contributed by atoms with van der Waals surface area (Å²) in [6.45, 7) is 2.17. The molecule has 3 rings (SSSR count). The molecule has 0 fully saturated rings. The number of fused-ring (bicyclic) bond motifs is 1. The van der Waals surface area contributed by atoms with Gasteiger partial charge >= 0.3 is 0 Å². The van der Waals surface area contributed by atoms with Crippen LogP contribution in [0.3, 0.4) is 0 Å². The zero-order valence-corrected chi connectivity index (χ0v) is 12.3. The Balaban J connectivity index is 1.92. The molecule has 0 amide bonds. The van der Waals surface area contributed by atoms with Crippen molar-refractivity contribution < 1.29 is 0 Å². The SMILES string of the molecule is CCCc1nc(N)sc1Cc1ccc2ncccc2c1. The van der Waals surface area contributed by atoms with E-state index in [1.807, 2.05) is 12.3 Å². The summed E-state index contributed by atoms with van der Waals surface area (Å²) in [6.07, 6.45) is 4.82. The summed E-state index contributed by atoms with van der Waals surface area (Å²) in [5, 5.41) is 1.85. The summed E-state index contributed by atoms with van der Waals surface area (Å²) in [6, 6.07) is 10.5. The molecule has 102 valence electrons. The number of aromatic nitrogens is 2. The monoisotopic (exact) mass is 283 g/mol. The third-order valence-electron chi connectivity index (χ3n) is 3.31. The highest BCUT2D eigenvalue weighted by atomic mass is 32.1. The molecule has 2 aromatic heterocycles. The highest BCUT2D eigenvalue weighted by Crippen LogP contribution is 2.25. The lowest BCUT2D eigenvalue weighted by Crippen LogP contribution is -1.93. The second kappa shape index (κ2) is 5.59. The zero-order valence-electron chi connectivity index (χ0n) is 11.5. The topological polar surface area (TPSA) is 51.8 Å². The molecule has 0 aliphatic rings. The number of nitrogens with two attached hydrogens (primary N) is 1. The van der Waals surface area contributed by atoms with Gasteiger partial charge in [0.25, 0.3) is 0 Å². The van der Waals surface area contributed by atoms with Crippen LogP contribution in [-0.2, 0) is 12.8 Å². The first-order valence-electron chi connectivity index (χ1n) is 6.84. The van der Waals surface area contributed by atoms with Gasteiger partial charge in [0, 0.05) is 22.9 Å². The molecule has 3 aromatic rings. The van der Waals surface area contributed by atoms with E-state index in [1.165, 1.54) is 15.8 Å². The molecule has 2 N–H and O–H groups in total. The summed E-state index contributed by atoms with van der Waals surface area (Å²) in [5.74, 6) is 0. The number of pyridine rings is 1. The summed E-state index contributed by atoms with van der Waals surface area (Å²) in [7, 11) is 0. The Bertz CT molecular complexity index is 733. The van der Waals surface area contributed by atoms with Crippen molar-refractivity contribution in [3.63, 3.8) is 0 Å². The Kier molecular flexibility index (Phi) is 3.65. The molecule has 20 heavy (non-hydrogen) atoms. The molecular weight excluding hydrogens is 266 g/mol. The van der Waals surface area contributed by atoms with Crippen molar-refractivity contribution in [1.82, 2.24) is 9.97 Å². The number of thiazole rings is 1. The van der Waals surface area contributed by atoms with Gasteiger partial charge in [-0.05, 0) is 30.2 Å². The molecule has 0 aliphatic heterocycles. The predicted molar refractivity (Wildman–Crippen MR) is 85.1 cm³/mol. The quantitative estimate of drug-likeness (QED) is 0.792. The molecule has 0 atom stereocenters. The van der Waals surface area contributed by atoms with Gasteiger partial charge in [0.05, 0.1) is 11.2 Å². The van der Waals surface area contributed by atoms with E-state index >= 15 is 0 Å². The summed E-state index contributed by atoms with van der Waals surface area (Å²) in [5.41, 5.74) is 9.33. The van der Waals surface area contributed by atoms with Crippen molar-refractivity contribution >= 4 is 27.4 Å². The van der Waals surface area contributed by atoms with Crippen LogP contribution in [-0.4, -0.2) is 9.97 Å². The van der Waals surface area contributed by atoms with E-state index in [0.717, 1.165) is 30.5 Å². The number of nitrogens with zero attached hydrogens (tertiary/aromatic N) is 2. The van der Waals surface area contributed by atoms with Crippen LogP contribution in [0.25, 0.3) is 10.9 Å². The van der Waals surface area contributed by atoms with Gasteiger partial charge in [0.15, 0.2) is 5.13 Å². The van der Waals surface area contributed by atoms with Gasteiger partial charge in [0.1, 0.15) is 0 Å². The fourth-order valence-electron chi connectivity index (χ4n) is 2.39. The van der Waals surface area contributed by atoms with Crippen LogP contribution >= 0.6 is 11.3 Å². The molecule has 0 bridgehead atoms. The number of hydrogen-bond acceptors (Lipinski definition) is 4. The van der Waals surface area contributed by atoms with E-state index in [-0.39, 0.29) is 0 Å². The van der Waals surface area contributed by atoms with Gasteiger partial charge < -0.3 is 5.73 Å². The maximum Gasteiger partial charge on any atom is 0.180 e. The van der Waals surface area contributed by atoms with Crippen LogP contribution in [0.15, 0.2) is 36.5 Å². The third-order valence-corrected chi connectivity index (χ3v) is 4.24. The molecule has 0 radical (unpaired) electrons. The minimum Gasteiger partial charge on any atom is -0.375 e. The Morgan fingerprint density at radius 2 is 2.15 bits per heavy atom. The molecule has 3 nitrogen and oxygen atoms in total. The number of aryl methyl sites for hydroxylation is 1. The molecule has 0 saturated heterocycles. The molecule has 0 unspecified atom stereocenters. The van der Waals surface area contributed by atoms with E-state index in [2.05, 4.69) is 41.2 Å². The second-order valence-electron chi connectivity index (χ2n) is 4.88. The van der Waals surface area contributed by atoms with Crippen molar-refractivity contribution in [1.29, 1.82) is 0 Å². The minimum absolute atomic E-state index is 0.672. The molecule has 0 aliphatic carbocycles. The number of hydrogen-bond donors (Lipinski definition) is 1. The van der Waals surface area contributed by atoms with Gasteiger partial charge in [-0.1, -0.05) is 25.5 Å². The van der Waals surface area contributed by atoms with Gasteiger partial charge in [-0.15, -0.1) is 11.3 Å². The minimum atomic E-state index is 0.672. The van der Waals surface area contributed by atoms with Gasteiger partial charge in [-0.25, -0.2) is 4.98 Å². The van der Waals surface area contributed by atoms with E-state index in [1.54, 1.807) is 11.3 Å². The van der Waals surface area contributed by atoms with Gasteiger partial charge in [-0.2, -0.15) is 0 Å². The average Bonchev–Trinajstić information content (AvgIpc) is 2.79. The maximum absolute atomic E-state index is 5.85. The third kappa shape index (κ3) is 2.65. The Hall–Kier alpha value is -1.94. The lowest BCUT2D eigenvalue weighted by molar-refractivity contribution is 0.879. The Labute approximate surface area is 122 Å². The number of anilines is 1. The van der Waals surface area contributed by atoms with Crippen molar-refractivity contribution in [2.24, 2.45) is 0 Å². The van der Waals surface area contributed by atoms with Gasteiger partial charge in [-0.3, -0.25) is 4.98 Å². The van der Waals surface area contributed by atoms with Crippen LogP contribution in [0, 0.1) is 0 Å². The molecule has 0 spiro atoms. The van der Waals surface area contributed by atoms with E-state index in [9.17, 15) is 0 Å². The van der Waals surface area contributed by atoms with Crippen LogP contribution in [0.5, 0.6) is 0 Å². The summed E-state index contributed by atoms with van der Waals surface area (Å²) in [4.78, 5) is 10.1. The smallest absolute Gasteiger partial charge is 0.180 e. The molecule has 4 heteroatoms. The Morgan fingerprint density at radius 3 is 3.00 bits per heavy atom. The van der Waals surface area contributed by atoms with E-state index < -0.39 is 0 Å². The van der Waals surface area contributed by atoms with Gasteiger partial charge in [0.2, 0.25) is 0 Å². The maximum atomic E-state index is 5.85. The standard InChI is InChI=1S/C16H17N3S/c1-2-4-14-15(20-16(17)19-14)10-11-6-7-13-12(9-11)5-3-8-18-13/h3,5-9H,2,4,10H2,1H3,(H2,17,19). The van der Waals surface area contributed by atoms with E-state index in [4.69, 9.17) is 5.73 Å². The van der Waals surface area contributed by atoms with Crippen molar-refractivity contribution in [2.45, 2.75) is 26.2 Å². The largest absolute Gasteiger partial charge is 0.375 e. The number of nitrogen functional groups attached to an aromatic ring is 1. The molecular formula is C16H17N3S. The van der Waals surface area contributed by atoms with E-state index in [0.29, 0.717) is 5.13 Å². The fourth-order valence-corrected chi connectivity index (χ4v) is 3.31. The summed E-state index contributed by atoms with van der Waals surface area (Å²) < 4.78 is 0. The first-order valence-corrected chi connectivity index (χ1v) is 7.65. The lowest BCUT2D eigenvalue weighted by Gasteiger charge is -2.03. The first kappa shape index (κ1) is 13.1. The fraction of sp³-hybridized carbons (Fsp3) is 0.250. The van der Waals surface area contributed by atoms with Crippen molar-refractivity contribution in [2.75, 3.05) is 5.73 Å². The van der Waals surface area contributed by atoms with Crippen molar-refractivity contribution in [3.05, 3.63) is 52.7 Å². The van der Waals surface area contributed by atoms with Crippen LogP contribution in [0.2, 0.25) is 0 Å². The van der Waals surface area contributed by atoms with Crippen LogP contribution < -0.4 is 5.73 Å². The molecule has 1 aromatic carbocycles. The highest BCUT2D eigenvalue weighted by Gasteiger charge is 2.10. The van der Waals surface area contributed by atoms with Crippen LogP contribution in [0.4, 0.5) is 5.13 Å². The van der Waals surface area contributed by atoms with Crippen molar-refractivity contribution in [3.8, 4) is 0 Å². The first-order chi connectivity index (χ1) is 9.76. The Morgan fingerprint density at radius 1 is 1.25 bits per heavy atom. The zero-order chi connectivity index (χ0) is 13.9. The number of benzene rings is 1. The van der Waals surface area contributed by atoms with Crippen LogP contribution in [0.1, 0.15) is 29.5 Å². The second-order valence-corrected chi connectivity index (χ2v) is 5.99. The summed E-state index contributed by atoms with van der Waals surface area (Å²) >= 11 is 1.61. The number of rotatable bonds is 4. The molecule has 0 saturated carbocycles. The average molecular weight is 283 g/mol. The lowest BCUT2D eigenvalue weighted by atomic mass is 10.1. The predicted octanol–water partition coefficient (Wildman–Crippen LogP) is 3.82. The molecule has 2 heterocycles. The highest BCUT2D eigenvalue weighted by molar-refractivity contribution is 7.15. The normalized spacial score (nSPS) is 11.1.